The molecule has 0 amide bonds. The van der Waals surface area contributed by atoms with Gasteiger partial charge < -0.3 is 4.74 Å². The van der Waals surface area contributed by atoms with Gasteiger partial charge in [-0.15, -0.1) is 0 Å². The van der Waals surface area contributed by atoms with Crippen LogP contribution in [0.3, 0.4) is 0 Å². The number of alkyl halides is 2. The first-order valence-electron chi connectivity index (χ1n) is 5.31. The van der Waals surface area contributed by atoms with E-state index in [0.717, 1.165) is 5.56 Å². The van der Waals surface area contributed by atoms with Crippen molar-refractivity contribution in [1.82, 2.24) is 0 Å². The minimum atomic E-state index is -2.51. The molecule has 0 heterocycles. The monoisotopic (exact) mass is 234 g/mol. The Bertz CT molecular complexity index is 469. The van der Waals surface area contributed by atoms with E-state index in [2.05, 4.69) is 0 Å². The fourth-order valence-electron chi connectivity index (χ4n) is 1.53. The predicted molar refractivity (Wildman–Crippen MR) is 62.2 cm³/mol. The van der Waals surface area contributed by atoms with Gasteiger partial charge >= 0.3 is 0 Å². The average molecular weight is 234 g/mol. The highest BCUT2D eigenvalue weighted by atomic mass is 19.3. The van der Waals surface area contributed by atoms with E-state index < -0.39 is 6.43 Å². The van der Waals surface area contributed by atoms with Gasteiger partial charge in [0.05, 0.1) is 5.56 Å². The van der Waals surface area contributed by atoms with Gasteiger partial charge in [0, 0.05) is 0 Å². The molecule has 0 spiro atoms. The quantitative estimate of drug-likeness (QED) is 0.770. The molecule has 2 aromatic carbocycles. The van der Waals surface area contributed by atoms with Gasteiger partial charge in [-0.05, 0) is 17.7 Å². The van der Waals surface area contributed by atoms with E-state index in [9.17, 15) is 8.78 Å². The van der Waals surface area contributed by atoms with Crippen molar-refractivity contribution >= 4 is 0 Å². The maximum absolute atomic E-state index is 12.7. The molecule has 0 aromatic heterocycles. The third-order valence-corrected chi connectivity index (χ3v) is 2.39. The summed E-state index contributed by atoms with van der Waals surface area (Å²) in [7, 11) is 0. The van der Waals surface area contributed by atoms with Gasteiger partial charge in [0.1, 0.15) is 12.4 Å². The number of hydrogen-bond acceptors (Lipinski definition) is 1. The Kier molecular flexibility index (Phi) is 3.70. The Morgan fingerprint density at radius 2 is 1.53 bits per heavy atom. The van der Waals surface area contributed by atoms with E-state index in [1.165, 1.54) is 6.07 Å². The number of benzene rings is 2. The Balaban J connectivity index is 2.09. The summed E-state index contributed by atoms with van der Waals surface area (Å²) in [6.45, 7) is 0.296. The lowest BCUT2D eigenvalue weighted by molar-refractivity contribution is 0.144. The van der Waals surface area contributed by atoms with E-state index in [0.29, 0.717) is 6.61 Å². The van der Waals surface area contributed by atoms with Crippen LogP contribution in [0.4, 0.5) is 8.78 Å². The molecule has 2 aromatic rings. The van der Waals surface area contributed by atoms with Crippen molar-refractivity contribution < 1.29 is 13.5 Å². The molecule has 3 heteroatoms. The predicted octanol–water partition coefficient (Wildman–Crippen LogP) is 4.20. The van der Waals surface area contributed by atoms with E-state index >= 15 is 0 Å². The summed E-state index contributed by atoms with van der Waals surface area (Å²) < 4.78 is 30.8. The number of rotatable bonds is 4. The molecule has 0 aliphatic carbocycles. The number of halogens is 2. The third-order valence-electron chi connectivity index (χ3n) is 2.39. The summed E-state index contributed by atoms with van der Waals surface area (Å²) in [6.07, 6.45) is -2.51. The lowest BCUT2D eigenvalue weighted by Gasteiger charge is -2.10. The SMILES string of the molecule is FC(F)c1ccccc1OCc1ccccc1. The van der Waals surface area contributed by atoms with Crippen LogP contribution in [-0.4, -0.2) is 0 Å². The molecule has 0 bridgehead atoms. The average Bonchev–Trinajstić information content (AvgIpc) is 2.38. The van der Waals surface area contributed by atoms with Crippen molar-refractivity contribution in [3.63, 3.8) is 0 Å². The smallest absolute Gasteiger partial charge is 0.267 e. The molecular formula is C14H12F2O. The van der Waals surface area contributed by atoms with Crippen LogP contribution in [-0.2, 0) is 6.61 Å². The van der Waals surface area contributed by atoms with Crippen molar-refractivity contribution in [2.24, 2.45) is 0 Å². The zero-order valence-electron chi connectivity index (χ0n) is 9.14. The van der Waals surface area contributed by atoms with Crippen LogP contribution in [0.25, 0.3) is 0 Å². The molecular weight excluding hydrogens is 222 g/mol. The van der Waals surface area contributed by atoms with Gasteiger partial charge in [0.2, 0.25) is 0 Å². The topological polar surface area (TPSA) is 9.23 Å². The zero-order valence-corrected chi connectivity index (χ0v) is 9.14. The lowest BCUT2D eigenvalue weighted by Crippen LogP contribution is -1.98. The summed E-state index contributed by atoms with van der Waals surface area (Å²) >= 11 is 0. The minimum absolute atomic E-state index is 0.0663. The largest absolute Gasteiger partial charge is 0.488 e. The highest BCUT2D eigenvalue weighted by Crippen LogP contribution is 2.28. The molecule has 0 radical (unpaired) electrons. The van der Waals surface area contributed by atoms with Crippen LogP contribution in [0.5, 0.6) is 5.75 Å². The maximum atomic E-state index is 12.7. The van der Waals surface area contributed by atoms with Crippen LogP contribution >= 0.6 is 0 Å². The molecule has 0 saturated carbocycles. The van der Waals surface area contributed by atoms with Crippen LogP contribution in [0.15, 0.2) is 54.6 Å². The number of ether oxygens (including phenoxy) is 1. The van der Waals surface area contributed by atoms with Crippen LogP contribution < -0.4 is 4.74 Å². The summed E-state index contributed by atoms with van der Waals surface area (Å²) in [5, 5.41) is 0. The highest BCUT2D eigenvalue weighted by molar-refractivity contribution is 5.34. The molecule has 0 unspecified atom stereocenters. The summed E-state index contributed by atoms with van der Waals surface area (Å²) in [6, 6.07) is 15.7. The summed E-state index contributed by atoms with van der Waals surface area (Å²) in [5.74, 6) is 0.242. The first-order valence-corrected chi connectivity index (χ1v) is 5.31. The Hall–Kier alpha value is -1.90. The molecule has 2 rings (SSSR count). The first kappa shape index (κ1) is 11.6. The zero-order chi connectivity index (χ0) is 12.1. The second-order valence-corrected chi connectivity index (χ2v) is 3.61. The van der Waals surface area contributed by atoms with Crippen molar-refractivity contribution in [3.05, 3.63) is 65.7 Å². The molecule has 0 fully saturated rings. The van der Waals surface area contributed by atoms with E-state index in [4.69, 9.17) is 4.74 Å². The molecule has 0 aliphatic heterocycles. The second-order valence-electron chi connectivity index (χ2n) is 3.61. The lowest BCUT2D eigenvalue weighted by atomic mass is 10.2. The van der Waals surface area contributed by atoms with E-state index in [1.54, 1.807) is 18.2 Å². The Labute approximate surface area is 98.7 Å². The molecule has 0 aliphatic rings. The fourth-order valence-corrected chi connectivity index (χ4v) is 1.53. The van der Waals surface area contributed by atoms with Crippen molar-refractivity contribution in [2.45, 2.75) is 13.0 Å². The van der Waals surface area contributed by atoms with Crippen molar-refractivity contribution in [3.8, 4) is 5.75 Å². The standard InChI is InChI=1S/C14H12F2O/c15-14(16)12-8-4-5-9-13(12)17-10-11-6-2-1-3-7-11/h1-9,14H,10H2. The summed E-state index contributed by atoms with van der Waals surface area (Å²) in [4.78, 5) is 0. The molecule has 1 nitrogen and oxygen atoms in total. The normalized spacial score (nSPS) is 10.5. The van der Waals surface area contributed by atoms with Gasteiger partial charge in [0.15, 0.2) is 0 Å². The molecule has 0 N–H and O–H groups in total. The van der Waals surface area contributed by atoms with Gasteiger partial charge in [-0.1, -0.05) is 42.5 Å². The summed E-state index contributed by atoms with van der Waals surface area (Å²) in [5.41, 5.74) is 0.889. The maximum Gasteiger partial charge on any atom is 0.267 e. The second kappa shape index (κ2) is 5.43. The molecule has 88 valence electrons. The van der Waals surface area contributed by atoms with Gasteiger partial charge in [-0.25, -0.2) is 8.78 Å². The van der Waals surface area contributed by atoms with E-state index in [1.807, 2.05) is 30.3 Å². The van der Waals surface area contributed by atoms with E-state index in [-0.39, 0.29) is 11.3 Å². The fraction of sp³-hybridized carbons (Fsp3) is 0.143. The number of para-hydroxylation sites is 1. The van der Waals surface area contributed by atoms with Gasteiger partial charge in [-0.3, -0.25) is 0 Å². The molecule has 0 atom stereocenters. The Morgan fingerprint density at radius 3 is 2.24 bits per heavy atom. The van der Waals surface area contributed by atoms with Gasteiger partial charge in [-0.2, -0.15) is 0 Å². The van der Waals surface area contributed by atoms with Crippen molar-refractivity contribution in [2.75, 3.05) is 0 Å². The van der Waals surface area contributed by atoms with Gasteiger partial charge in [0.25, 0.3) is 6.43 Å². The Morgan fingerprint density at radius 1 is 0.882 bits per heavy atom. The molecule has 17 heavy (non-hydrogen) atoms. The van der Waals surface area contributed by atoms with Crippen LogP contribution in [0.1, 0.15) is 17.6 Å². The van der Waals surface area contributed by atoms with Crippen LogP contribution in [0.2, 0.25) is 0 Å². The third kappa shape index (κ3) is 3.03. The number of hydrogen-bond donors (Lipinski definition) is 0. The van der Waals surface area contributed by atoms with Crippen LogP contribution in [0, 0.1) is 0 Å². The molecule has 0 saturated heterocycles. The van der Waals surface area contributed by atoms with Crippen molar-refractivity contribution in [1.29, 1.82) is 0 Å². The first-order chi connectivity index (χ1) is 8.27. The minimum Gasteiger partial charge on any atom is -0.488 e. The highest BCUT2D eigenvalue weighted by Gasteiger charge is 2.12.